The van der Waals surface area contributed by atoms with Gasteiger partial charge in [-0.25, -0.2) is 4.98 Å². The van der Waals surface area contributed by atoms with Crippen LogP contribution in [-0.2, 0) is 0 Å². The minimum atomic E-state index is 0.453. The molecule has 1 aliphatic rings. The number of hydrogen-bond acceptors (Lipinski definition) is 4. The van der Waals surface area contributed by atoms with Gasteiger partial charge in [0.15, 0.2) is 0 Å². The van der Waals surface area contributed by atoms with E-state index in [1.165, 1.54) is 17.2 Å². The van der Waals surface area contributed by atoms with Crippen LogP contribution in [0.5, 0.6) is 0 Å². The van der Waals surface area contributed by atoms with Crippen molar-refractivity contribution in [2.75, 3.05) is 11.5 Å². The second-order valence-electron chi connectivity index (χ2n) is 4.58. The summed E-state index contributed by atoms with van der Waals surface area (Å²) < 4.78 is 0.714. The second kappa shape index (κ2) is 5.76. The molecule has 1 aromatic heterocycles. The monoisotopic (exact) mass is 286 g/mol. The van der Waals surface area contributed by atoms with Crippen LogP contribution in [0, 0.1) is 4.64 Å². The van der Waals surface area contributed by atoms with Gasteiger partial charge in [-0.2, -0.15) is 11.8 Å². The zero-order chi connectivity index (χ0) is 12.4. The van der Waals surface area contributed by atoms with E-state index in [1.807, 2.05) is 29.6 Å². The number of H-pyrrole nitrogens is 1. The zero-order valence-electron chi connectivity index (χ0n) is 10.4. The van der Waals surface area contributed by atoms with Crippen molar-refractivity contribution in [2.24, 2.45) is 0 Å². The van der Waals surface area contributed by atoms with Crippen molar-refractivity contribution < 1.29 is 0 Å². The fourth-order valence-electron chi connectivity index (χ4n) is 1.87. The van der Waals surface area contributed by atoms with Crippen molar-refractivity contribution in [1.29, 1.82) is 0 Å². The molecule has 2 nitrogen and oxygen atoms in total. The van der Waals surface area contributed by atoms with E-state index in [-0.39, 0.29) is 0 Å². The van der Waals surface area contributed by atoms with Crippen LogP contribution in [0.15, 0.2) is 6.07 Å². The number of hydrogen-bond donors (Lipinski definition) is 1. The molecule has 17 heavy (non-hydrogen) atoms. The van der Waals surface area contributed by atoms with Crippen LogP contribution in [0.1, 0.15) is 43.5 Å². The van der Waals surface area contributed by atoms with Crippen LogP contribution >= 0.6 is 35.7 Å². The van der Waals surface area contributed by atoms with Gasteiger partial charge < -0.3 is 4.98 Å². The summed E-state index contributed by atoms with van der Waals surface area (Å²) in [5.74, 6) is 3.97. The third-order valence-electron chi connectivity index (χ3n) is 2.86. The molecule has 0 aliphatic carbocycles. The average molecular weight is 286 g/mol. The average Bonchev–Trinajstić information content (AvgIpc) is 2.28. The van der Waals surface area contributed by atoms with Gasteiger partial charge in [0.05, 0.1) is 5.25 Å². The summed E-state index contributed by atoms with van der Waals surface area (Å²) >= 11 is 9.29. The van der Waals surface area contributed by atoms with Gasteiger partial charge in [-0.15, -0.1) is 11.8 Å². The molecule has 0 radical (unpaired) electrons. The van der Waals surface area contributed by atoms with Gasteiger partial charge >= 0.3 is 0 Å². The number of aromatic nitrogens is 2. The quantitative estimate of drug-likeness (QED) is 0.826. The molecule has 1 saturated heterocycles. The van der Waals surface area contributed by atoms with Crippen molar-refractivity contribution in [3.63, 3.8) is 0 Å². The second-order valence-corrected chi connectivity index (χ2v) is 7.73. The van der Waals surface area contributed by atoms with Crippen LogP contribution < -0.4 is 0 Å². The van der Waals surface area contributed by atoms with Crippen molar-refractivity contribution in [3.8, 4) is 0 Å². The molecule has 5 heteroatoms. The first-order chi connectivity index (χ1) is 8.08. The van der Waals surface area contributed by atoms with E-state index in [4.69, 9.17) is 12.2 Å². The van der Waals surface area contributed by atoms with E-state index in [1.54, 1.807) is 0 Å². The van der Waals surface area contributed by atoms with Crippen molar-refractivity contribution in [2.45, 2.75) is 37.2 Å². The Hall–Kier alpha value is -0.0000000000000000555. The van der Waals surface area contributed by atoms with Gasteiger partial charge in [-0.05, 0) is 12.0 Å². The minimum Gasteiger partial charge on any atom is -0.346 e. The summed E-state index contributed by atoms with van der Waals surface area (Å²) in [6, 6.07) is 1.98. The predicted molar refractivity (Wildman–Crippen MR) is 80.6 cm³/mol. The highest BCUT2D eigenvalue weighted by molar-refractivity contribution is 8.06. The number of rotatable bonds is 2. The lowest BCUT2D eigenvalue weighted by Gasteiger charge is -2.27. The number of aromatic amines is 1. The molecule has 0 saturated carbocycles. The van der Waals surface area contributed by atoms with Crippen LogP contribution in [0.3, 0.4) is 0 Å². The van der Waals surface area contributed by atoms with E-state index in [0.29, 0.717) is 21.1 Å². The molecule has 0 bridgehead atoms. The minimum absolute atomic E-state index is 0.453. The Kier molecular flexibility index (Phi) is 4.55. The summed E-state index contributed by atoms with van der Waals surface area (Å²) in [5, 5.41) is 1.06. The molecule has 2 heterocycles. The number of thioether (sulfide) groups is 2. The molecule has 1 N–H and O–H groups in total. The summed E-state index contributed by atoms with van der Waals surface area (Å²) in [4.78, 5) is 7.99. The summed E-state index contributed by atoms with van der Waals surface area (Å²) in [5.41, 5.74) is 1.20. The predicted octanol–water partition coefficient (Wildman–Crippen LogP) is 4.17. The SMILES string of the molecule is CC(C)c1cc(=S)nc(C2SCCSC2C)[nH]1. The van der Waals surface area contributed by atoms with Crippen LogP contribution in [-0.4, -0.2) is 26.7 Å². The maximum atomic E-state index is 5.27. The molecular weight excluding hydrogens is 268 g/mol. The van der Waals surface area contributed by atoms with Crippen LogP contribution in [0.25, 0.3) is 0 Å². The molecule has 2 rings (SSSR count). The van der Waals surface area contributed by atoms with Crippen LogP contribution in [0.2, 0.25) is 0 Å². The topological polar surface area (TPSA) is 28.7 Å². The Labute approximate surface area is 116 Å². The highest BCUT2D eigenvalue weighted by atomic mass is 32.2. The molecule has 0 amide bonds. The van der Waals surface area contributed by atoms with E-state index >= 15 is 0 Å². The Morgan fingerprint density at radius 3 is 2.76 bits per heavy atom. The van der Waals surface area contributed by atoms with E-state index in [9.17, 15) is 0 Å². The highest BCUT2D eigenvalue weighted by Gasteiger charge is 2.26. The molecule has 1 aromatic rings. The lowest BCUT2D eigenvalue weighted by atomic mass is 10.1. The van der Waals surface area contributed by atoms with Gasteiger partial charge in [0.25, 0.3) is 0 Å². The van der Waals surface area contributed by atoms with E-state index in [0.717, 1.165) is 5.82 Å². The number of nitrogens with one attached hydrogen (secondary N) is 1. The van der Waals surface area contributed by atoms with Crippen molar-refractivity contribution >= 4 is 35.7 Å². The first-order valence-corrected chi connectivity index (χ1v) is 8.43. The first-order valence-electron chi connectivity index (χ1n) is 5.92. The zero-order valence-corrected chi connectivity index (χ0v) is 12.8. The molecular formula is C12H18N2S3. The molecule has 0 aromatic carbocycles. The van der Waals surface area contributed by atoms with Gasteiger partial charge in [-0.3, -0.25) is 0 Å². The first kappa shape index (κ1) is 13.4. The molecule has 0 spiro atoms. The Morgan fingerprint density at radius 2 is 2.12 bits per heavy atom. The molecule has 94 valence electrons. The smallest absolute Gasteiger partial charge is 0.130 e. The lowest BCUT2D eigenvalue weighted by molar-refractivity contribution is 0.756. The van der Waals surface area contributed by atoms with Gasteiger partial charge in [-0.1, -0.05) is 33.0 Å². The third kappa shape index (κ3) is 3.26. The fourth-order valence-corrected chi connectivity index (χ4v) is 4.81. The third-order valence-corrected chi connectivity index (χ3v) is 6.17. The van der Waals surface area contributed by atoms with E-state index in [2.05, 4.69) is 30.7 Å². The highest BCUT2D eigenvalue weighted by Crippen LogP contribution is 2.41. The largest absolute Gasteiger partial charge is 0.346 e. The summed E-state index contributed by atoms with van der Waals surface area (Å²) in [6.45, 7) is 6.63. The molecule has 2 atom stereocenters. The molecule has 1 fully saturated rings. The van der Waals surface area contributed by atoms with Crippen LogP contribution in [0.4, 0.5) is 0 Å². The Balaban J connectivity index is 2.34. The molecule has 1 aliphatic heterocycles. The Bertz CT molecular complexity index is 442. The number of nitrogens with zero attached hydrogens (tertiary/aromatic N) is 1. The standard InChI is InChI=1S/C12H18N2S3/c1-7(2)9-6-10(15)14-12(13-9)11-8(3)16-4-5-17-11/h6-8,11H,4-5H2,1-3H3,(H,13,14,15). The summed E-state index contributed by atoms with van der Waals surface area (Å²) in [6.07, 6.45) is 0. The maximum Gasteiger partial charge on any atom is 0.130 e. The van der Waals surface area contributed by atoms with E-state index < -0.39 is 0 Å². The normalized spacial score (nSPS) is 25.2. The fraction of sp³-hybridized carbons (Fsp3) is 0.667. The van der Waals surface area contributed by atoms with Gasteiger partial charge in [0, 0.05) is 22.4 Å². The maximum absolute atomic E-state index is 5.27. The lowest BCUT2D eigenvalue weighted by Crippen LogP contribution is -2.18. The van der Waals surface area contributed by atoms with Gasteiger partial charge in [0.2, 0.25) is 0 Å². The van der Waals surface area contributed by atoms with Gasteiger partial charge in [0.1, 0.15) is 10.5 Å². The Morgan fingerprint density at radius 1 is 1.41 bits per heavy atom. The molecule has 2 unspecified atom stereocenters. The van der Waals surface area contributed by atoms with Crippen molar-refractivity contribution in [3.05, 3.63) is 22.2 Å². The van der Waals surface area contributed by atoms with Crippen molar-refractivity contribution in [1.82, 2.24) is 9.97 Å². The summed E-state index contributed by atoms with van der Waals surface area (Å²) in [7, 11) is 0.